The van der Waals surface area contributed by atoms with Crippen LogP contribution in [0, 0.1) is 5.92 Å². The minimum Gasteiger partial charge on any atom is -0.381 e. The lowest BCUT2D eigenvalue weighted by Gasteiger charge is -2.35. The van der Waals surface area contributed by atoms with E-state index >= 15 is 0 Å². The van der Waals surface area contributed by atoms with Crippen LogP contribution >= 0.6 is 11.6 Å². The Morgan fingerprint density at radius 2 is 2.00 bits per heavy atom. The van der Waals surface area contributed by atoms with Crippen molar-refractivity contribution in [3.63, 3.8) is 0 Å². The fraction of sp³-hybridized carbons (Fsp3) is 0.471. The highest BCUT2D eigenvalue weighted by molar-refractivity contribution is 6.30. The van der Waals surface area contributed by atoms with E-state index in [1.807, 2.05) is 24.3 Å². The molecule has 2 aliphatic rings. The Kier molecular flexibility index (Phi) is 4.02. The number of aromatic nitrogens is 2. The van der Waals surface area contributed by atoms with Crippen molar-refractivity contribution in [1.82, 2.24) is 15.5 Å². The minimum absolute atomic E-state index is 0.0159. The lowest BCUT2D eigenvalue weighted by molar-refractivity contribution is -0.126. The van der Waals surface area contributed by atoms with Crippen molar-refractivity contribution in [3.8, 4) is 0 Å². The van der Waals surface area contributed by atoms with Crippen LogP contribution in [0.15, 0.2) is 35.2 Å². The molecule has 2 fully saturated rings. The number of hydrogen-bond donors (Lipinski definition) is 1. The summed E-state index contributed by atoms with van der Waals surface area (Å²) in [7, 11) is 0. The number of halogens is 1. The van der Waals surface area contributed by atoms with Crippen LogP contribution < -0.4 is 5.32 Å². The molecule has 1 aromatic heterocycles. The Bertz CT molecular complexity index is 711. The fourth-order valence-electron chi connectivity index (χ4n) is 3.40. The van der Waals surface area contributed by atoms with E-state index in [1.54, 1.807) is 0 Å². The summed E-state index contributed by atoms with van der Waals surface area (Å²) in [5, 5.41) is 7.85. The fourth-order valence-corrected chi connectivity index (χ4v) is 3.52. The van der Waals surface area contributed by atoms with Gasteiger partial charge < -0.3 is 14.6 Å². The number of amides is 1. The molecule has 1 aromatic carbocycles. The van der Waals surface area contributed by atoms with Gasteiger partial charge in [-0.25, -0.2) is 0 Å². The number of benzene rings is 1. The summed E-state index contributed by atoms with van der Waals surface area (Å²) in [5.41, 5.74) is 0.565. The molecule has 0 unspecified atom stereocenters. The minimum atomic E-state index is -0.588. The highest BCUT2D eigenvalue weighted by Gasteiger charge is 2.48. The maximum Gasteiger partial charge on any atom is 0.224 e. The summed E-state index contributed by atoms with van der Waals surface area (Å²) in [6, 6.07) is 7.71. The first-order valence-corrected chi connectivity index (χ1v) is 8.48. The summed E-state index contributed by atoms with van der Waals surface area (Å²) in [6.07, 6.45) is 3.45. The SMILES string of the molecule is O=C(NC1(c2ncon2)CCOCC1)[C@H]1C[C@H]1c1ccc(Cl)cc1. The number of nitrogens with zero attached hydrogens (tertiary/aromatic N) is 2. The molecule has 126 valence electrons. The number of hydrogen-bond acceptors (Lipinski definition) is 5. The Morgan fingerprint density at radius 3 is 2.67 bits per heavy atom. The maximum atomic E-state index is 12.8. The molecule has 1 saturated carbocycles. The Morgan fingerprint density at radius 1 is 1.25 bits per heavy atom. The molecule has 0 radical (unpaired) electrons. The Hall–Kier alpha value is -1.92. The van der Waals surface area contributed by atoms with Gasteiger partial charge in [0.25, 0.3) is 0 Å². The summed E-state index contributed by atoms with van der Waals surface area (Å²) >= 11 is 5.93. The van der Waals surface area contributed by atoms with Crippen LogP contribution in [0.4, 0.5) is 0 Å². The van der Waals surface area contributed by atoms with E-state index in [0.29, 0.717) is 36.9 Å². The first-order valence-electron chi connectivity index (χ1n) is 8.10. The van der Waals surface area contributed by atoms with E-state index in [9.17, 15) is 4.79 Å². The summed E-state index contributed by atoms with van der Waals surface area (Å²) < 4.78 is 10.3. The molecule has 6 nitrogen and oxygen atoms in total. The second-order valence-electron chi connectivity index (χ2n) is 6.44. The first kappa shape index (κ1) is 15.6. The molecule has 2 atom stereocenters. The second-order valence-corrected chi connectivity index (χ2v) is 6.88. The highest BCUT2D eigenvalue weighted by Crippen LogP contribution is 2.48. The van der Waals surface area contributed by atoms with E-state index in [-0.39, 0.29) is 17.7 Å². The predicted molar refractivity (Wildman–Crippen MR) is 86.5 cm³/mol. The lowest BCUT2D eigenvalue weighted by atomic mass is 9.88. The van der Waals surface area contributed by atoms with Gasteiger partial charge in [-0.2, -0.15) is 4.98 Å². The number of carbonyl (C=O) groups excluding carboxylic acids is 1. The lowest BCUT2D eigenvalue weighted by Crippen LogP contribution is -2.50. The first-order chi connectivity index (χ1) is 11.7. The van der Waals surface area contributed by atoms with Crippen molar-refractivity contribution in [2.75, 3.05) is 13.2 Å². The van der Waals surface area contributed by atoms with Crippen LogP contribution in [-0.2, 0) is 15.1 Å². The molecule has 2 heterocycles. The van der Waals surface area contributed by atoms with Crippen LogP contribution in [0.2, 0.25) is 5.02 Å². The standard InChI is InChI=1S/C17H18ClN3O3/c18-12-3-1-11(2-4-12)13-9-14(13)15(22)20-17(5-7-23-8-6-17)16-19-10-24-21-16/h1-4,10,13-14H,5-9H2,(H,20,22)/t13-,14-/m0/s1. The van der Waals surface area contributed by atoms with Gasteiger partial charge >= 0.3 is 0 Å². The van der Waals surface area contributed by atoms with Gasteiger partial charge in [-0.3, -0.25) is 4.79 Å². The summed E-state index contributed by atoms with van der Waals surface area (Å²) in [6.45, 7) is 1.14. The molecule has 7 heteroatoms. The highest BCUT2D eigenvalue weighted by atomic mass is 35.5. The van der Waals surface area contributed by atoms with E-state index in [2.05, 4.69) is 15.5 Å². The predicted octanol–water partition coefficient (Wildman–Crippen LogP) is 2.65. The van der Waals surface area contributed by atoms with E-state index < -0.39 is 5.54 Å². The molecule has 1 N–H and O–H groups in total. The third kappa shape index (κ3) is 2.91. The molecule has 0 bridgehead atoms. The zero-order chi connectivity index (χ0) is 16.6. The second kappa shape index (κ2) is 6.18. The number of nitrogens with one attached hydrogen (secondary N) is 1. The van der Waals surface area contributed by atoms with Crippen LogP contribution in [0.3, 0.4) is 0 Å². The smallest absolute Gasteiger partial charge is 0.224 e. The molecular weight excluding hydrogens is 330 g/mol. The van der Waals surface area contributed by atoms with Gasteiger partial charge in [0.15, 0.2) is 5.82 Å². The average Bonchev–Trinajstić information content (AvgIpc) is 3.20. The van der Waals surface area contributed by atoms with Crippen molar-refractivity contribution in [2.24, 2.45) is 5.92 Å². The normalized spacial score (nSPS) is 25.2. The van der Waals surface area contributed by atoms with E-state index in [1.165, 1.54) is 6.39 Å². The third-order valence-electron chi connectivity index (χ3n) is 4.92. The zero-order valence-corrected chi connectivity index (χ0v) is 13.8. The van der Waals surface area contributed by atoms with Crippen LogP contribution in [0.5, 0.6) is 0 Å². The number of rotatable bonds is 4. The van der Waals surface area contributed by atoms with Gasteiger partial charge in [0, 0.05) is 37.0 Å². The van der Waals surface area contributed by atoms with Crippen molar-refractivity contribution in [3.05, 3.63) is 47.1 Å². The van der Waals surface area contributed by atoms with Crippen molar-refractivity contribution in [1.29, 1.82) is 0 Å². The quantitative estimate of drug-likeness (QED) is 0.920. The van der Waals surface area contributed by atoms with Crippen LogP contribution in [-0.4, -0.2) is 29.3 Å². The Labute approximate surface area is 144 Å². The topological polar surface area (TPSA) is 77.3 Å². The van der Waals surface area contributed by atoms with Gasteiger partial charge in [-0.15, -0.1) is 0 Å². The molecule has 2 aromatic rings. The Balaban J connectivity index is 1.48. The maximum absolute atomic E-state index is 12.8. The summed E-state index contributed by atoms with van der Waals surface area (Å²) in [4.78, 5) is 16.9. The van der Waals surface area contributed by atoms with Gasteiger partial charge in [0.2, 0.25) is 12.3 Å². The van der Waals surface area contributed by atoms with E-state index in [0.717, 1.165) is 12.0 Å². The monoisotopic (exact) mass is 347 g/mol. The molecule has 1 aliphatic heterocycles. The molecule has 24 heavy (non-hydrogen) atoms. The van der Waals surface area contributed by atoms with Crippen molar-refractivity contribution in [2.45, 2.75) is 30.7 Å². The summed E-state index contributed by atoms with van der Waals surface area (Å²) in [5.74, 6) is 0.812. The van der Waals surface area contributed by atoms with Crippen LogP contribution in [0.25, 0.3) is 0 Å². The molecule has 1 amide bonds. The molecule has 1 saturated heterocycles. The molecule has 1 aliphatic carbocycles. The van der Waals surface area contributed by atoms with Gasteiger partial charge in [0.05, 0.1) is 0 Å². The molecule has 4 rings (SSSR count). The van der Waals surface area contributed by atoms with Gasteiger partial charge in [0.1, 0.15) is 5.54 Å². The zero-order valence-electron chi connectivity index (χ0n) is 13.1. The average molecular weight is 348 g/mol. The number of carbonyl (C=O) groups is 1. The molecule has 0 spiro atoms. The van der Waals surface area contributed by atoms with Gasteiger partial charge in [-0.05, 0) is 30.0 Å². The van der Waals surface area contributed by atoms with Gasteiger partial charge in [-0.1, -0.05) is 28.9 Å². The largest absolute Gasteiger partial charge is 0.381 e. The third-order valence-corrected chi connectivity index (χ3v) is 5.18. The number of ether oxygens (including phenoxy) is 1. The van der Waals surface area contributed by atoms with Crippen molar-refractivity contribution >= 4 is 17.5 Å². The van der Waals surface area contributed by atoms with E-state index in [4.69, 9.17) is 20.9 Å². The van der Waals surface area contributed by atoms with Crippen molar-refractivity contribution < 1.29 is 14.1 Å². The molecular formula is C17H18ClN3O3. The van der Waals surface area contributed by atoms with Crippen LogP contribution in [0.1, 0.15) is 36.6 Å².